The Bertz CT molecular complexity index is 1300. The third-order valence-electron chi connectivity index (χ3n) is 5.12. The first-order valence-electron chi connectivity index (χ1n) is 10.4. The number of hydrogen-bond donors (Lipinski definition) is 1. The Hall–Kier alpha value is -4.06. The molecule has 0 saturated heterocycles. The molecule has 0 aliphatic rings. The molecule has 1 N–H and O–H groups in total. The summed E-state index contributed by atoms with van der Waals surface area (Å²) in [7, 11) is 0. The molecule has 0 atom stereocenters. The van der Waals surface area contributed by atoms with E-state index in [0.717, 1.165) is 11.1 Å². The number of rotatable bonds is 7. The van der Waals surface area contributed by atoms with Gasteiger partial charge in [0.15, 0.2) is 5.56 Å². The van der Waals surface area contributed by atoms with Crippen molar-refractivity contribution < 1.29 is 19.4 Å². The normalized spacial score (nSPS) is 10.8. The molecular weight excluding hydrogens is 406 g/mol. The molecule has 0 saturated carbocycles. The fraction of sp³-hybridized carbons (Fsp3) is 0.154. The summed E-state index contributed by atoms with van der Waals surface area (Å²) in [6, 6.07) is 24.2. The highest BCUT2D eigenvalue weighted by molar-refractivity contribution is 5.99. The van der Waals surface area contributed by atoms with E-state index >= 15 is 0 Å². The minimum atomic E-state index is -0.844. The monoisotopic (exact) mass is 429 g/mol. The third-order valence-corrected chi connectivity index (χ3v) is 5.12. The van der Waals surface area contributed by atoms with Crippen molar-refractivity contribution >= 4 is 16.9 Å². The number of carbonyl (C=O) groups excluding carboxylic acids is 1. The maximum atomic E-state index is 13.3. The van der Waals surface area contributed by atoms with Crippen molar-refractivity contribution in [3.05, 3.63) is 106 Å². The first-order valence-corrected chi connectivity index (χ1v) is 10.4. The van der Waals surface area contributed by atoms with Crippen molar-refractivity contribution in [2.75, 3.05) is 6.61 Å². The van der Waals surface area contributed by atoms with Gasteiger partial charge in [0, 0.05) is 11.5 Å². The molecule has 6 nitrogen and oxygen atoms in total. The number of hydrogen-bond acceptors (Lipinski definition) is 5. The Morgan fingerprint density at radius 2 is 1.59 bits per heavy atom. The number of fused-ring (bicyclic) bond motifs is 1. The van der Waals surface area contributed by atoms with Crippen LogP contribution in [0.5, 0.6) is 11.5 Å². The average Bonchev–Trinajstić information content (AvgIpc) is 2.82. The lowest BCUT2D eigenvalue weighted by Gasteiger charge is -2.16. The average molecular weight is 429 g/mol. The number of carbonyl (C=O) groups is 1. The van der Waals surface area contributed by atoms with Crippen molar-refractivity contribution in [2.45, 2.75) is 20.1 Å². The second-order valence-electron chi connectivity index (χ2n) is 7.27. The highest BCUT2D eigenvalue weighted by atomic mass is 16.5. The molecule has 0 amide bonds. The molecule has 0 aliphatic carbocycles. The number of pyridine rings is 1. The Morgan fingerprint density at radius 1 is 0.938 bits per heavy atom. The highest BCUT2D eigenvalue weighted by Crippen LogP contribution is 2.30. The third kappa shape index (κ3) is 4.34. The van der Waals surface area contributed by atoms with Gasteiger partial charge in [-0.3, -0.25) is 4.79 Å². The van der Waals surface area contributed by atoms with Crippen molar-refractivity contribution in [1.82, 2.24) is 4.57 Å². The minimum absolute atomic E-state index is 0.0979. The summed E-state index contributed by atoms with van der Waals surface area (Å²) in [5.41, 5.74) is 1.38. The van der Waals surface area contributed by atoms with Crippen LogP contribution in [0.15, 0.2) is 83.7 Å². The molecule has 3 aromatic carbocycles. The van der Waals surface area contributed by atoms with Gasteiger partial charge in [0.2, 0.25) is 0 Å². The molecule has 0 aliphatic heterocycles. The standard InChI is InChI=1S/C26H23NO5/c1-2-31-26(30)23-24(28)21-14-13-20(32-17-19-11-7-4-8-12-19)15-22(21)27(25(23)29)16-18-9-5-3-6-10-18/h3-15,28H,2,16-17H2,1H3. The van der Waals surface area contributed by atoms with E-state index in [1.54, 1.807) is 25.1 Å². The van der Waals surface area contributed by atoms with E-state index in [4.69, 9.17) is 9.47 Å². The predicted octanol–water partition coefficient (Wildman–Crippen LogP) is 4.51. The van der Waals surface area contributed by atoms with Crippen LogP contribution in [-0.4, -0.2) is 22.2 Å². The van der Waals surface area contributed by atoms with Crippen LogP contribution >= 0.6 is 0 Å². The van der Waals surface area contributed by atoms with E-state index in [-0.39, 0.29) is 24.5 Å². The number of aromatic nitrogens is 1. The summed E-state index contributed by atoms with van der Waals surface area (Å²) in [5, 5.41) is 11.1. The van der Waals surface area contributed by atoms with Gasteiger partial charge in [0.05, 0.1) is 18.7 Å². The van der Waals surface area contributed by atoms with E-state index in [1.165, 1.54) is 4.57 Å². The lowest BCUT2D eigenvalue weighted by atomic mass is 10.1. The van der Waals surface area contributed by atoms with Gasteiger partial charge in [-0.1, -0.05) is 60.7 Å². The summed E-state index contributed by atoms with van der Waals surface area (Å²) < 4.78 is 12.4. The fourth-order valence-corrected chi connectivity index (χ4v) is 3.56. The molecule has 0 spiro atoms. The van der Waals surface area contributed by atoms with Gasteiger partial charge in [0.25, 0.3) is 5.56 Å². The Kier molecular flexibility index (Phi) is 6.22. The summed E-state index contributed by atoms with van der Waals surface area (Å²) in [4.78, 5) is 25.7. The molecular formula is C26H23NO5. The van der Waals surface area contributed by atoms with Crippen LogP contribution in [0.4, 0.5) is 0 Å². The minimum Gasteiger partial charge on any atom is -0.506 e. The van der Waals surface area contributed by atoms with Gasteiger partial charge in [0.1, 0.15) is 18.1 Å². The van der Waals surface area contributed by atoms with Gasteiger partial charge in [-0.2, -0.15) is 0 Å². The zero-order chi connectivity index (χ0) is 22.5. The smallest absolute Gasteiger partial charge is 0.347 e. The second-order valence-corrected chi connectivity index (χ2v) is 7.27. The predicted molar refractivity (Wildman–Crippen MR) is 122 cm³/mol. The van der Waals surface area contributed by atoms with Crippen LogP contribution in [0.1, 0.15) is 28.4 Å². The van der Waals surface area contributed by atoms with Crippen LogP contribution in [0.3, 0.4) is 0 Å². The van der Waals surface area contributed by atoms with Crippen molar-refractivity contribution in [1.29, 1.82) is 0 Å². The number of ether oxygens (including phenoxy) is 2. The molecule has 0 bridgehead atoms. The Balaban J connectivity index is 1.82. The number of nitrogens with zero attached hydrogens (tertiary/aromatic N) is 1. The SMILES string of the molecule is CCOC(=O)c1c(O)c2ccc(OCc3ccccc3)cc2n(Cc2ccccc2)c1=O. The summed E-state index contributed by atoms with van der Waals surface area (Å²) >= 11 is 0. The largest absolute Gasteiger partial charge is 0.506 e. The number of esters is 1. The van der Waals surface area contributed by atoms with Crippen LogP contribution in [-0.2, 0) is 17.9 Å². The topological polar surface area (TPSA) is 77.8 Å². The summed E-state index contributed by atoms with van der Waals surface area (Å²) in [6.07, 6.45) is 0. The van der Waals surface area contributed by atoms with E-state index in [1.807, 2.05) is 60.7 Å². The van der Waals surface area contributed by atoms with Gasteiger partial charge in [-0.05, 0) is 30.2 Å². The molecule has 6 heteroatoms. The van der Waals surface area contributed by atoms with Crippen molar-refractivity contribution in [2.24, 2.45) is 0 Å². The van der Waals surface area contributed by atoms with Crippen LogP contribution in [0.25, 0.3) is 10.9 Å². The zero-order valence-electron chi connectivity index (χ0n) is 17.7. The maximum Gasteiger partial charge on any atom is 0.347 e. The first kappa shape index (κ1) is 21.2. The molecule has 4 aromatic rings. The van der Waals surface area contributed by atoms with Gasteiger partial charge in [-0.15, -0.1) is 0 Å². The molecule has 4 rings (SSSR count). The van der Waals surface area contributed by atoms with Gasteiger partial charge in [-0.25, -0.2) is 4.79 Å². The summed E-state index contributed by atoms with van der Waals surface area (Å²) in [5.74, 6) is -0.684. The van der Waals surface area contributed by atoms with Crippen molar-refractivity contribution in [3.8, 4) is 11.5 Å². The lowest BCUT2D eigenvalue weighted by molar-refractivity contribution is 0.0520. The molecule has 1 heterocycles. The molecule has 0 fully saturated rings. The Labute approximate surface area is 185 Å². The quantitative estimate of drug-likeness (QED) is 0.438. The van der Waals surface area contributed by atoms with E-state index < -0.39 is 11.5 Å². The zero-order valence-corrected chi connectivity index (χ0v) is 17.7. The first-order chi connectivity index (χ1) is 15.6. The van der Waals surface area contributed by atoms with E-state index in [9.17, 15) is 14.7 Å². The fourth-order valence-electron chi connectivity index (χ4n) is 3.56. The lowest BCUT2D eigenvalue weighted by Crippen LogP contribution is -2.28. The maximum absolute atomic E-state index is 13.3. The van der Waals surface area contributed by atoms with Crippen molar-refractivity contribution in [3.63, 3.8) is 0 Å². The number of benzene rings is 3. The molecule has 162 valence electrons. The van der Waals surface area contributed by atoms with E-state index in [0.29, 0.717) is 23.3 Å². The van der Waals surface area contributed by atoms with Crippen LogP contribution in [0, 0.1) is 0 Å². The number of aromatic hydroxyl groups is 1. The molecule has 0 radical (unpaired) electrons. The van der Waals surface area contributed by atoms with Crippen LogP contribution in [0.2, 0.25) is 0 Å². The molecule has 32 heavy (non-hydrogen) atoms. The highest BCUT2D eigenvalue weighted by Gasteiger charge is 2.23. The summed E-state index contributed by atoms with van der Waals surface area (Å²) in [6.45, 7) is 2.34. The van der Waals surface area contributed by atoms with Gasteiger partial charge >= 0.3 is 5.97 Å². The van der Waals surface area contributed by atoms with Crippen LogP contribution < -0.4 is 10.3 Å². The van der Waals surface area contributed by atoms with E-state index in [2.05, 4.69) is 0 Å². The Morgan fingerprint density at radius 3 is 2.25 bits per heavy atom. The second kappa shape index (κ2) is 9.39. The molecule has 0 unspecified atom stereocenters. The molecule has 1 aromatic heterocycles. The van der Waals surface area contributed by atoms with Gasteiger partial charge < -0.3 is 19.1 Å².